The fraction of sp³-hybridized carbons (Fsp3) is 0.200. The van der Waals surface area contributed by atoms with E-state index in [9.17, 15) is 9.59 Å². The van der Waals surface area contributed by atoms with Crippen LogP contribution in [0, 0.1) is 13.8 Å². The summed E-state index contributed by atoms with van der Waals surface area (Å²) in [6.45, 7) is 3.92. The molecular weight excluding hydrogens is 354 g/mol. The van der Waals surface area contributed by atoms with Gasteiger partial charge in [-0.2, -0.15) is 0 Å². The number of halogens is 1. The van der Waals surface area contributed by atoms with Gasteiger partial charge in [-0.25, -0.2) is 4.90 Å². The van der Waals surface area contributed by atoms with Crippen LogP contribution in [-0.4, -0.2) is 26.0 Å². The quantitative estimate of drug-likeness (QED) is 0.766. The average Bonchev–Trinajstić information content (AvgIpc) is 2.86. The number of hydrogen-bond donors (Lipinski definition) is 0. The molecule has 2 aromatic rings. The summed E-state index contributed by atoms with van der Waals surface area (Å²) in [5.41, 5.74) is 3.24. The number of rotatable bonds is 4. The van der Waals surface area contributed by atoms with Crippen LogP contribution >= 0.6 is 11.6 Å². The van der Waals surface area contributed by atoms with E-state index in [-0.39, 0.29) is 10.6 Å². The predicted molar refractivity (Wildman–Crippen MR) is 101 cm³/mol. The van der Waals surface area contributed by atoms with Crippen LogP contribution in [0.15, 0.2) is 41.4 Å². The van der Waals surface area contributed by atoms with Crippen LogP contribution < -0.4 is 14.4 Å². The summed E-state index contributed by atoms with van der Waals surface area (Å²) in [6.07, 6.45) is 0. The molecule has 0 aromatic heterocycles. The first-order valence-corrected chi connectivity index (χ1v) is 8.35. The van der Waals surface area contributed by atoms with Gasteiger partial charge in [0.05, 0.1) is 25.5 Å². The van der Waals surface area contributed by atoms with Gasteiger partial charge in [-0.3, -0.25) is 9.59 Å². The smallest absolute Gasteiger partial charge is 0.277 e. The average molecular weight is 372 g/mol. The maximum absolute atomic E-state index is 13.0. The van der Waals surface area contributed by atoms with Gasteiger partial charge < -0.3 is 9.47 Å². The molecule has 1 aliphatic heterocycles. The second kappa shape index (κ2) is 6.84. The Labute approximate surface area is 156 Å². The lowest BCUT2D eigenvalue weighted by atomic mass is 10.0. The Morgan fingerprint density at radius 1 is 0.885 bits per heavy atom. The van der Waals surface area contributed by atoms with Crippen LogP contribution in [-0.2, 0) is 9.59 Å². The van der Waals surface area contributed by atoms with Crippen LogP contribution in [0.3, 0.4) is 0 Å². The summed E-state index contributed by atoms with van der Waals surface area (Å²) in [5.74, 6) is -0.157. The third kappa shape index (κ3) is 2.84. The van der Waals surface area contributed by atoms with Crippen LogP contribution in [0.1, 0.15) is 16.7 Å². The first-order chi connectivity index (χ1) is 12.4. The Balaban J connectivity index is 2.08. The molecule has 134 valence electrons. The molecule has 1 heterocycles. The third-order valence-electron chi connectivity index (χ3n) is 4.45. The van der Waals surface area contributed by atoms with Gasteiger partial charge in [-0.15, -0.1) is 0 Å². The van der Waals surface area contributed by atoms with E-state index >= 15 is 0 Å². The van der Waals surface area contributed by atoms with Gasteiger partial charge in [-0.1, -0.05) is 29.8 Å². The van der Waals surface area contributed by atoms with Crippen molar-refractivity contribution in [1.29, 1.82) is 0 Å². The lowest BCUT2D eigenvalue weighted by molar-refractivity contribution is -0.119. The number of carbonyl (C=O) groups is 2. The van der Waals surface area contributed by atoms with Gasteiger partial charge in [0.25, 0.3) is 11.8 Å². The summed E-state index contributed by atoms with van der Waals surface area (Å²) < 4.78 is 10.5. The van der Waals surface area contributed by atoms with E-state index in [0.29, 0.717) is 22.7 Å². The highest BCUT2D eigenvalue weighted by Gasteiger charge is 2.40. The highest BCUT2D eigenvalue weighted by atomic mass is 35.5. The number of aryl methyl sites for hydroxylation is 2. The Morgan fingerprint density at radius 2 is 1.62 bits per heavy atom. The predicted octanol–water partition coefficient (Wildman–Crippen LogP) is 3.84. The minimum atomic E-state index is -0.576. The molecule has 5 nitrogen and oxygen atoms in total. The van der Waals surface area contributed by atoms with Gasteiger partial charge in [0.15, 0.2) is 0 Å². The van der Waals surface area contributed by atoms with Crippen molar-refractivity contribution in [1.82, 2.24) is 0 Å². The normalized spacial score (nSPS) is 14.3. The second-order valence-electron chi connectivity index (χ2n) is 5.97. The fourth-order valence-corrected chi connectivity index (χ4v) is 3.11. The number of carbonyl (C=O) groups excluding carboxylic acids is 2. The van der Waals surface area contributed by atoms with Crippen molar-refractivity contribution in [3.05, 3.63) is 58.1 Å². The minimum Gasteiger partial charge on any atom is -0.497 e. The Bertz CT molecular complexity index is 949. The lowest BCUT2D eigenvalue weighted by Gasteiger charge is -2.18. The molecule has 0 fully saturated rings. The Morgan fingerprint density at radius 3 is 2.23 bits per heavy atom. The largest absolute Gasteiger partial charge is 0.497 e. The molecule has 6 heteroatoms. The molecule has 26 heavy (non-hydrogen) atoms. The fourth-order valence-electron chi connectivity index (χ4n) is 2.84. The zero-order chi connectivity index (χ0) is 19.0. The Hall–Kier alpha value is -2.79. The molecule has 0 saturated heterocycles. The molecule has 0 radical (unpaired) electrons. The zero-order valence-electron chi connectivity index (χ0n) is 14.9. The number of imide groups is 1. The van der Waals surface area contributed by atoms with Gasteiger partial charge in [0, 0.05) is 6.07 Å². The van der Waals surface area contributed by atoms with Crippen molar-refractivity contribution < 1.29 is 19.1 Å². The molecule has 0 atom stereocenters. The number of hydrogen-bond acceptors (Lipinski definition) is 4. The molecule has 2 aromatic carbocycles. The molecule has 0 spiro atoms. The number of amides is 2. The van der Waals surface area contributed by atoms with E-state index in [1.54, 1.807) is 24.3 Å². The number of methoxy groups -OCH3 is 2. The lowest BCUT2D eigenvalue weighted by Crippen LogP contribution is -2.31. The van der Waals surface area contributed by atoms with Crippen LogP contribution in [0.5, 0.6) is 11.5 Å². The van der Waals surface area contributed by atoms with Crippen molar-refractivity contribution in [3.8, 4) is 11.5 Å². The zero-order valence-corrected chi connectivity index (χ0v) is 15.7. The molecule has 1 aliphatic rings. The van der Waals surface area contributed by atoms with E-state index in [2.05, 4.69) is 0 Å². The number of nitrogens with zero attached hydrogens (tertiary/aromatic N) is 1. The monoisotopic (exact) mass is 371 g/mol. The van der Waals surface area contributed by atoms with Gasteiger partial charge >= 0.3 is 0 Å². The summed E-state index contributed by atoms with van der Waals surface area (Å²) in [7, 11) is 2.99. The summed E-state index contributed by atoms with van der Waals surface area (Å²) in [4.78, 5) is 26.8. The maximum atomic E-state index is 13.0. The maximum Gasteiger partial charge on any atom is 0.277 e. The molecular formula is C20H18ClNO4. The third-order valence-corrected chi connectivity index (χ3v) is 4.80. The van der Waals surface area contributed by atoms with E-state index < -0.39 is 11.8 Å². The molecule has 0 N–H and O–H groups in total. The van der Waals surface area contributed by atoms with Gasteiger partial charge in [0.2, 0.25) is 0 Å². The topological polar surface area (TPSA) is 55.8 Å². The molecule has 2 amide bonds. The summed E-state index contributed by atoms with van der Waals surface area (Å²) >= 11 is 6.25. The molecule has 0 aliphatic carbocycles. The highest BCUT2D eigenvalue weighted by molar-refractivity contribution is 6.60. The number of ether oxygens (including phenoxy) is 2. The number of benzene rings is 2. The Kier molecular flexibility index (Phi) is 4.74. The standard InChI is InChI=1S/C20H18ClNO4/c1-11-5-6-13(9-12(11)2)17-18(21)20(24)22(19(17)23)15-8-7-14(25-3)10-16(15)26-4/h5-10H,1-4H3. The van der Waals surface area contributed by atoms with Crippen molar-refractivity contribution in [3.63, 3.8) is 0 Å². The van der Waals surface area contributed by atoms with E-state index in [1.165, 1.54) is 14.2 Å². The molecule has 3 rings (SSSR count). The van der Waals surface area contributed by atoms with Gasteiger partial charge in [0.1, 0.15) is 16.5 Å². The summed E-state index contributed by atoms with van der Waals surface area (Å²) in [5, 5.41) is -0.101. The highest BCUT2D eigenvalue weighted by Crippen LogP contribution is 2.40. The van der Waals surface area contributed by atoms with E-state index in [4.69, 9.17) is 21.1 Å². The second-order valence-corrected chi connectivity index (χ2v) is 6.35. The van der Waals surface area contributed by atoms with Crippen molar-refractivity contribution in [2.75, 3.05) is 19.1 Å². The minimum absolute atomic E-state index is 0.101. The van der Waals surface area contributed by atoms with E-state index in [1.807, 2.05) is 26.0 Å². The molecule has 0 saturated carbocycles. The molecule has 0 bridgehead atoms. The number of anilines is 1. The summed E-state index contributed by atoms with van der Waals surface area (Å²) in [6, 6.07) is 10.4. The van der Waals surface area contributed by atoms with Gasteiger partial charge in [-0.05, 0) is 42.7 Å². The molecule has 0 unspecified atom stereocenters. The van der Waals surface area contributed by atoms with Crippen LogP contribution in [0.25, 0.3) is 5.57 Å². The van der Waals surface area contributed by atoms with E-state index in [0.717, 1.165) is 16.0 Å². The van der Waals surface area contributed by atoms with Crippen LogP contribution in [0.2, 0.25) is 0 Å². The van der Waals surface area contributed by atoms with Crippen molar-refractivity contribution in [2.24, 2.45) is 0 Å². The first-order valence-electron chi connectivity index (χ1n) is 7.97. The van der Waals surface area contributed by atoms with Crippen molar-refractivity contribution >= 4 is 34.7 Å². The van der Waals surface area contributed by atoms with Crippen LogP contribution in [0.4, 0.5) is 5.69 Å². The SMILES string of the molecule is COc1ccc(N2C(=O)C(Cl)=C(c3ccc(C)c(C)c3)C2=O)c(OC)c1. The first kappa shape index (κ1) is 18.0. The van der Waals surface area contributed by atoms with Crippen molar-refractivity contribution in [2.45, 2.75) is 13.8 Å².